The van der Waals surface area contributed by atoms with Crippen LogP contribution in [0, 0.1) is 17.0 Å². The Kier molecular flexibility index (Phi) is 5.84. The number of rotatable bonds is 7. The largest absolute Gasteiger partial charge is 0.394 e. The van der Waals surface area contributed by atoms with Crippen LogP contribution in [0.3, 0.4) is 0 Å². The molecule has 1 amide bonds. The van der Waals surface area contributed by atoms with Crippen molar-refractivity contribution in [1.29, 1.82) is 0 Å². The molecule has 3 N–H and O–H groups in total. The van der Waals surface area contributed by atoms with Crippen molar-refractivity contribution >= 4 is 11.6 Å². The van der Waals surface area contributed by atoms with Crippen molar-refractivity contribution in [3.05, 3.63) is 57.9 Å². The minimum Gasteiger partial charge on any atom is -0.394 e. The van der Waals surface area contributed by atoms with Crippen molar-refractivity contribution in [2.24, 2.45) is 0 Å². The Labute approximate surface area is 144 Å². The molecule has 2 aromatic rings. The fourth-order valence-corrected chi connectivity index (χ4v) is 2.32. The van der Waals surface area contributed by atoms with E-state index in [2.05, 4.69) is 10.4 Å². The fourth-order valence-electron chi connectivity index (χ4n) is 2.32. The average molecular weight is 348 g/mol. The van der Waals surface area contributed by atoms with E-state index in [0.717, 1.165) is 5.56 Å². The van der Waals surface area contributed by atoms with E-state index in [1.807, 2.05) is 6.92 Å². The van der Waals surface area contributed by atoms with Gasteiger partial charge in [-0.25, -0.2) is 0 Å². The number of aryl methyl sites for hydroxylation is 1. The number of carbonyl (C=O) groups is 1. The highest BCUT2D eigenvalue weighted by Crippen LogP contribution is 2.21. The Morgan fingerprint density at radius 1 is 1.40 bits per heavy atom. The Hall–Kier alpha value is -2.78. The first-order chi connectivity index (χ1) is 11.8. The summed E-state index contributed by atoms with van der Waals surface area (Å²) in [6.07, 6.45) is 2.13. The number of nitro benzene ring substituents is 1. The molecular formula is C16H20N4O5. The third kappa shape index (κ3) is 4.40. The van der Waals surface area contributed by atoms with Gasteiger partial charge in [0.05, 0.1) is 23.8 Å². The van der Waals surface area contributed by atoms with Crippen LogP contribution in [-0.4, -0.2) is 43.5 Å². The molecule has 0 saturated carbocycles. The summed E-state index contributed by atoms with van der Waals surface area (Å²) in [5.74, 6) is -0.414. The molecular weight excluding hydrogens is 328 g/mol. The summed E-state index contributed by atoms with van der Waals surface area (Å²) in [6.45, 7) is 3.01. The molecule has 0 aliphatic heterocycles. The maximum atomic E-state index is 12.3. The van der Waals surface area contributed by atoms with Gasteiger partial charge in [0.15, 0.2) is 0 Å². The highest BCUT2D eigenvalue weighted by molar-refractivity contribution is 5.80. The average Bonchev–Trinajstić information content (AvgIpc) is 3.04. The van der Waals surface area contributed by atoms with Gasteiger partial charge < -0.3 is 15.5 Å². The van der Waals surface area contributed by atoms with E-state index in [4.69, 9.17) is 0 Å². The topological polar surface area (TPSA) is 131 Å². The highest BCUT2D eigenvalue weighted by atomic mass is 16.6. The highest BCUT2D eigenvalue weighted by Gasteiger charge is 2.25. The number of nitro groups is 1. The van der Waals surface area contributed by atoms with Crippen LogP contribution in [0.2, 0.25) is 0 Å². The number of aliphatic hydroxyl groups is 2. The smallest absolute Gasteiger partial charge is 0.269 e. The Balaban J connectivity index is 2.07. The lowest BCUT2D eigenvalue weighted by Gasteiger charge is -2.24. The van der Waals surface area contributed by atoms with Gasteiger partial charge in [0.25, 0.3) is 5.69 Å². The third-order valence-corrected chi connectivity index (χ3v) is 3.86. The van der Waals surface area contributed by atoms with E-state index in [1.54, 1.807) is 19.3 Å². The molecule has 1 aromatic heterocycles. The monoisotopic (exact) mass is 348 g/mol. The molecule has 9 nitrogen and oxygen atoms in total. The summed E-state index contributed by atoms with van der Waals surface area (Å²) in [4.78, 5) is 22.4. The summed E-state index contributed by atoms with van der Waals surface area (Å²) < 4.78 is 1.48. The van der Waals surface area contributed by atoms with Crippen LogP contribution in [0.1, 0.15) is 30.2 Å². The molecule has 0 saturated heterocycles. The number of non-ortho nitro benzene ring substituents is 1. The standard InChI is InChI=1S/C16H20N4O5/c1-10-7-17-19(8-10)11(2)16(23)18-14(9-21)15(22)12-3-5-13(6-4-12)20(24)25/h3-8,11,14-15,21-22H,9H2,1-2H3,(H,18,23). The molecule has 1 aromatic carbocycles. The van der Waals surface area contributed by atoms with Gasteiger partial charge in [-0.1, -0.05) is 0 Å². The number of nitrogens with one attached hydrogen (secondary N) is 1. The third-order valence-electron chi connectivity index (χ3n) is 3.86. The van der Waals surface area contributed by atoms with Crippen LogP contribution in [0.25, 0.3) is 0 Å². The molecule has 1 heterocycles. The minimum absolute atomic E-state index is 0.108. The molecule has 0 aliphatic rings. The van der Waals surface area contributed by atoms with E-state index in [0.29, 0.717) is 5.56 Å². The van der Waals surface area contributed by atoms with E-state index in [9.17, 15) is 25.1 Å². The summed E-state index contributed by atoms with van der Waals surface area (Å²) in [5, 5.41) is 37.2. The number of benzene rings is 1. The Bertz CT molecular complexity index is 743. The van der Waals surface area contributed by atoms with Gasteiger partial charge in [0.1, 0.15) is 12.1 Å². The molecule has 25 heavy (non-hydrogen) atoms. The lowest BCUT2D eigenvalue weighted by molar-refractivity contribution is -0.384. The molecule has 0 spiro atoms. The minimum atomic E-state index is -1.21. The molecule has 0 fully saturated rings. The Morgan fingerprint density at radius 3 is 2.52 bits per heavy atom. The first-order valence-corrected chi connectivity index (χ1v) is 7.68. The summed E-state index contributed by atoms with van der Waals surface area (Å²) in [7, 11) is 0. The van der Waals surface area contributed by atoms with Crippen LogP contribution in [0.5, 0.6) is 0 Å². The number of hydrogen-bond donors (Lipinski definition) is 3. The zero-order chi connectivity index (χ0) is 18.6. The predicted octanol–water partition coefficient (Wildman–Crippen LogP) is 0.871. The quantitative estimate of drug-likeness (QED) is 0.503. The summed E-state index contributed by atoms with van der Waals surface area (Å²) >= 11 is 0. The number of nitrogens with zero attached hydrogens (tertiary/aromatic N) is 3. The van der Waals surface area contributed by atoms with Crippen molar-refractivity contribution in [2.75, 3.05) is 6.61 Å². The van der Waals surface area contributed by atoms with Gasteiger partial charge in [0, 0.05) is 18.3 Å². The molecule has 3 unspecified atom stereocenters. The Morgan fingerprint density at radius 2 is 2.04 bits per heavy atom. The van der Waals surface area contributed by atoms with Crippen molar-refractivity contribution in [1.82, 2.24) is 15.1 Å². The van der Waals surface area contributed by atoms with Gasteiger partial charge in [-0.2, -0.15) is 5.10 Å². The van der Waals surface area contributed by atoms with E-state index < -0.39 is 35.6 Å². The molecule has 0 aliphatic carbocycles. The SMILES string of the molecule is Cc1cnn(C(C)C(=O)NC(CO)C(O)c2ccc([N+](=O)[O-])cc2)c1. The van der Waals surface area contributed by atoms with Crippen molar-refractivity contribution in [3.8, 4) is 0 Å². The molecule has 0 bridgehead atoms. The number of amides is 1. The van der Waals surface area contributed by atoms with E-state index in [1.165, 1.54) is 28.9 Å². The van der Waals surface area contributed by atoms with Crippen LogP contribution in [0.15, 0.2) is 36.7 Å². The number of carbonyl (C=O) groups excluding carboxylic acids is 1. The van der Waals surface area contributed by atoms with Gasteiger partial charge in [-0.05, 0) is 37.1 Å². The number of hydrogen-bond acceptors (Lipinski definition) is 6. The van der Waals surface area contributed by atoms with Crippen LogP contribution < -0.4 is 5.32 Å². The zero-order valence-electron chi connectivity index (χ0n) is 13.9. The second-order valence-electron chi connectivity index (χ2n) is 5.76. The lowest BCUT2D eigenvalue weighted by atomic mass is 10.0. The van der Waals surface area contributed by atoms with Gasteiger partial charge in [-0.3, -0.25) is 19.6 Å². The molecule has 2 rings (SSSR count). The molecule has 3 atom stereocenters. The van der Waals surface area contributed by atoms with Crippen LogP contribution in [0.4, 0.5) is 5.69 Å². The second-order valence-corrected chi connectivity index (χ2v) is 5.76. The van der Waals surface area contributed by atoms with E-state index in [-0.39, 0.29) is 5.69 Å². The predicted molar refractivity (Wildman–Crippen MR) is 88.7 cm³/mol. The number of aromatic nitrogens is 2. The van der Waals surface area contributed by atoms with Crippen molar-refractivity contribution < 1.29 is 19.9 Å². The van der Waals surface area contributed by atoms with E-state index >= 15 is 0 Å². The van der Waals surface area contributed by atoms with Crippen LogP contribution in [-0.2, 0) is 4.79 Å². The number of aliphatic hydroxyl groups excluding tert-OH is 2. The maximum absolute atomic E-state index is 12.3. The summed E-state index contributed by atoms with van der Waals surface area (Å²) in [5.41, 5.74) is 1.15. The molecule has 9 heteroatoms. The normalized spacial score (nSPS) is 14.6. The van der Waals surface area contributed by atoms with Crippen molar-refractivity contribution in [2.45, 2.75) is 32.0 Å². The zero-order valence-corrected chi connectivity index (χ0v) is 13.9. The lowest BCUT2D eigenvalue weighted by Crippen LogP contribution is -2.44. The fraction of sp³-hybridized carbons (Fsp3) is 0.375. The van der Waals surface area contributed by atoms with Gasteiger partial charge >= 0.3 is 0 Å². The van der Waals surface area contributed by atoms with Crippen molar-refractivity contribution in [3.63, 3.8) is 0 Å². The first kappa shape index (κ1) is 18.6. The van der Waals surface area contributed by atoms with Gasteiger partial charge in [-0.15, -0.1) is 0 Å². The van der Waals surface area contributed by atoms with Crippen LogP contribution >= 0.6 is 0 Å². The molecule has 134 valence electrons. The maximum Gasteiger partial charge on any atom is 0.269 e. The van der Waals surface area contributed by atoms with Gasteiger partial charge in [0.2, 0.25) is 5.91 Å². The molecule has 0 radical (unpaired) electrons. The second kappa shape index (κ2) is 7.86. The summed E-state index contributed by atoms with van der Waals surface area (Å²) in [6, 6.07) is 3.71. The first-order valence-electron chi connectivity index (χ1n) is 7.68.